The van der Waals surface area contributed by atoms with E-state index in [9.17, 15) is 12.8 Å². The van der Waals surface area contributed by atoms with E-state index in [1.165, 1.54) is 6.07 Å². The van der Waals surface area contributed by atoms with Crippen LogP contribution in [0.5, 0.6) is 0 Å². The third kappa shape index (κ3) is 3.62. The predicted molar refractivity (Wildman–Crippen MR) is 81.6 cm³/mol. The summed E-state index contributed by atoms with van der Waals surface area (Å²) in [5, 5.41) is 3.32. The van der Waals surface area contributed by atoms with Gasteiger partial charge in [-0.25, -0.2) is 12.8 Å². The molecule has 110 valence electrons. The Hall–Kier alpha value is -0.860. The molecule has 1 heterocycles. The monoisotopic (exact) mass is 383 g/mol. The van der Waals surface area contributed by atoms with Crippen molar-refractivity contribution in [3.8, 4) is 0 Å². The third-order valence-corrected chi connectivity index (χ3v) is 4.65. The van der Waals surface area contributed by atoms with Crippen LogP contribution in [-0.4, -0.2) is 33.6 Å². The molecule has 0 unspecified atom stereocenters. The van der Waals surface area contributed by atoms with Gasteiger partial charge in [0.1, 0.15) is 11.7 Å². The minimum absolute atomic E-state index is 0.179. The highest BCUT2D eigenvalue weighted by atomic mass is 79.9. The van der Waals surface area contributed by atoms with Gasteiger partial charge in [0.25, 0.3) is 0 Å². The van der Waals surface area contributed by atoms with E-state index in [1.807, 2.05) is 0 Å². The first-order chi connectivity index (χ1) is 9.28. The van der Waals surface area contributed by atoms with Gasteiger partial charge < -0.3 is 5.32 Å². The number of hydrogen-bond donors (Lipinski definition) is 2. The van der Waals surface area contributed by atoms with Crippen molar-refractivity contribution in [1.82, 2.24) is 5.32 Å². The Morgan fingerprint density at radius 1 is 1.60 bits per heavy atom. The molecule has 5 nitrogen and oxygen atoms in total. The SMILES string of the molecule is CS(=O)(=O)Nc1c(F)cc(CC2=NCCN2)c(Cl)c1Br. The summed E-state index contributed by atoms with van der Waals surface area (Å²) in [6, 6.07) is 1.21. The number of hydrogen-bond acceptors (Lipinski definition) is 4. The van der Waals surface area contributed by atoms with Crippen LogP contribution >= 0.6 is 27.5 Å². The summed E-state index contributed by atoms with van der Waals surface area (Å²) in [7, 11) is -3.59. The Morgan fingerprint density at radius 3 is 2.85 bits per heavy atom. The van der Waals surface area contributed by atoms with Crippen molar-refractivity contribution < 1.29 is 12.8 Å². The minimum Gasteiger partial charge on any atom is -0.372 e. The van der Waals surface area contributed by atoms with Crippen molar-refractivity contribution in [2.75, 3.05) is 24.1 Å². The average Bonchev–Trinajstić information content (AvgIpc) is 2.83. The van der Waals surface area contributed by atoms with Crippen LogP contribution in [-0.2, 0) is 16.4 Å². The zero-order valence-electron chi connectivity index (χ0n) is 10.5. The molecule has 1 aromatic carbocycles. The van der Waals surface area contributed by atoms with Crippen LogP contribution in [0.4, 0.5) is 10.1 Å². The standard InChI is InChI=1S/C11H12BrClFN3O2S/c1-20(18,19)17-11-7(14)4-6(10(13)9(11)12)5-8-15-2-3-16-8/h4,17H,2-3,5H2,1H3,(H,15,16). The number of nitrogens with zero attached hydrogens (tertiary/aromatic N) is 1. The summed E-state index contributed by atoms with van der Waals surface area (Å²) in [5.41, 5.74) is 0.339. The fourth-order valence-corrected chi connectivity index (χ4v) is 3.26. The molecule has 1 aliphatic rings. The first kappa shape index (κ1) is 15.5. The fourth-order valence-electron chi connectivity index (χ4n) is 1.80. The second-order valence-corrected chi connectivity index (χ2v) is 7.25. The lowest BCUT2D eigenvalue weighted by Crippen LogP contribution is -2.21. The number of amidine groups is 1. The molecule has 0 atom stereocenters. The summed E-state index contributed by atoms with van der Waals surface area (Å²) in [6.45, 7) is 1.44. The highest BCUT2D eigenvalue weighted by Crippen LogP contribution is 2.36. The highest BCUT2D eigenvalue weighted by Gasteiger charge is 2.19. The maximum absolute atomic E-state index is 14.0. The molecule has 20 heavy (non-hydrogen) atoms. The van der Waals surface area contributed by atoms with Crippen molar-refractivity contribution in [2.45, 2.75) is 6.42 Å². The Labute approximate surface area is 129 Å². The van der Waals surface area contributed by atoms with Gasteiger partial charge in [0.2, 0.25) is 10.0 Å². The summed E-state index contributed by atoms with van der Waals surface area (Å²) >= 11 is 9.27. The molecular formula is C11H12BrClFN3O2S. The number of benzene rings is 1. The van der Waals surface area contributed by atoms with Gasteiger partial charge in [-0.15, -0.1) is 0 Å². The smallest absolute Gasteiger partial charge is 0.229 e. The summed E-state index contributed by atoms with van der Waals surface area (Å²) < 4.78 is 38.7. The average molecular weight is 385 g/mol. The molecule has 2 rings (SSSR count). The normalized spacial score (nSPS) is 14.9. The minimum atomic E-state index is -3.59. The van der Waals surface area contributed by atoms with E-state index in [4.69, 9.17) is 11.6 Å². The lowest BCUT2D eigenvalue weighted by molar-refractivity contribution is 0.603. The quantitative estimate of drug-likeness (QED) is 0.782. The molecule has 0 aromatic heterocycles. The Bertz CT molecular complexity index is 679. The molecule has 2 N–H and O–H groups in total. The van der Waals surface area contributed by atoms with Crippen LogP contribution in [0.15, 0.2) is 15.5 Å². The molecule has 9 heteroatoms. The van der Waals surface area contributed by atoms with Crippen molar-refractivity contribution >= 4 is 49.1 Å². The molecule has 0 aliphatic carbocycles. The Morgan fingerprint density at radius 2 is 2.30 bits per heavy atom. The maximum atomic E-state index is 14.0. The zero-order chi connectivity index (χ0) is 14.9. The first-order valence-corrected chi connectivity index (χ1v) is 8.75. The lowest BCUT2D eigenvalue weighted by atomic mass is 10.1. The van der Waals surface area contributed by atoms with Gasteiger partial charge >= 0.3 is 0 Å². The maximum Gasteiger partial charge on any atom is 0.229 e. The third-order valence-electron chi connectivity index (χ3n) is 2.62. The number of aliphatic imine (C=N–C) groups is 1. The van der Waals surface area contributed by atoms with E-state index in [1.54, 1.807) is 0 Å². The van der Waals surface area contributed by atoms with Crippen LogP contribution in [0.25, 0.3) is 0 Å². The number of sulfonamides is 1. The molecule has 0 saturated carbocycles. The van der Waals surface area contributed by atoms with E-state index in [0.29, 0.717) is 18.5 Å². The van der Waals surface area contributed by atoms with Crippen LogP contribution in [0.3, 0.4) is 0 Å². The van der Waals surface area contributed by atoms with Crippen molar-refractivity contribution in [2.24, 2.45) is 4.99 Å². The molecule has 0 amide bonds. The molecule has 0 fully saturated rings. The highest BCUT2D eigenvalue weighted by molar-refractivity contribution is 9.10. The zero-order valence-corrected chi connectivity index (χ0v) is 13.7. The molecular weight excluding hydrogens is 373 g/mol. The van der Waals surface area contributed by atoms with Crippen molar-refractivity contribution in [3.63, 3.8) is 0 Å². The summed E-state index contributed by atoms with van der Waals surface area (Å²) in [6.07, 6.45) is 1.31. The lowest BCUT2D eigenvalue weighted by Gasteiger charge is -2.13. The largest absolute Gasteiger partial charge is 0.372 e. The van der Waals surface area contributed by atoms with Gasteiger partial charge in [-0.2, -0.15) is 0 Å². The summed E-state index contributed by atoms with van der Waals surface area (Å²) in [5.74, 6) is 0.0438. The predicted octanol–water partition coefficient (Wildman–Crippen LogP) is 2.16. The number of halogens is 3. The van der Waals surface area contributed by atoms with Gasteiger partial charge in [0.15, 0.2) is 0 Å². The molecule has 0 saturated heterocycles. The molecule has 0 spiro atoms. The van der Waals surface area contributed by atoms with E-state index in [0.717, 1.165) is 18.6 Å². The van der Waals surface area contributed by atoms with Crippen LogP contribution in [0.1, 0.15) is 5.56 Å². The van der Waals surface area contributed by atoms with E-state index in [2.05, 4.69) is 31.0 Å². The second kappa shape index (κ2) is 5.87. The van der Waals surface area contributed by atoms with E-state index >= 15 is 0 Å². The van der Waals surface area contributed by atoms with Gasteiger partial charge in [-0.05, 0) is 27.6 Å². The fraction of sp³-hybridized carbons (Fsp3) is 0.364. The van der Waals surface area contributed by atoms with Crippen LogP contribution in [0, 0.1) is 5.82 Å². The first-order valence-electron chi connectivity index (χ1n) is 5.69. The second-order valence-electron chi connectivity index (χ2n) is 4.33. The summed E-state index contributed by atoms with van der Waals surface area (Å²) in [4.78, 5) is 4.21. The molecule has 0 radical (unpaired) electrons. The number of nitrogens with one attached hydrogen (secondary N) is 2. The molecule has 1 aromatic rings. The van der Waals surface area contributed by atoms with Crippen LogP contribution in [0.2, 0.25) is 5.02 Å². The van der Waals surface area contributed by atoms with Crippen molar-refractivity contribution in [1.29, 1.82) is 0 Å². The molecule has 1 aliphatic heterocycles. The van der Waals surface area contributed by atoms with Crippen molar-refractivity contribution in [3.05, 3.63) is 26.9 Å². The van der Waals surface area contributed by atoms with Crippen LogP contribution < -0.4 is 10.0 Å². The van der Waals surface area contributed by atoms with Gasteiger partial charge in [-0.1, -0.05) is 11.6 Å². The topological polar surface area (TPSA) is 70.6 Å². The molecule has 0 bridgehead atoms. The van der Waals surface area contributed by atoms with Gasteiger partial charge in [0.05, 0.1) is 28.0 Å². The van der Waals surface area contributed by atoms with E-state index in [-0.39, 0.29) is 15.2 Å². The van der Waals surface area contributed by atoms with Gasteiger partial charge in [-0.3, -0.25) is 9.71 Å². The number of anilines is 1. The van der Waals surface area contributed by atoms with E-state index < -0.39 is 15.8 Å². The Kier molecular flexibility index (Phi) is 4.55. The number of rotatable bonds is 4. The Balaban J connectivity index is 2.37. The van der Waals surface area contributed by atoms with Gasteiger partial charge in [0, 0.05) is 13.0 Å².